The van der Waals surface area contributed by atoms with E-state index in [0.29, 0.717) is 6.54 Å². The van der Waals surface area contributed by atoms with Gasteiger partial charge in [-0.25, -0.2) is 9.78 Å². The first-order valence-electron chi connectivity index (χ1n) is 7.87. The molecule has 0 radical (unpaired) electrons. The molecule has 1 heterocycles. The Labute approximate surface area is 140 Å². The highest BCUT2D eigenvalue weighted by Gasteiger charge is 2.34. The van der Waals surface area contributed by atoms with Crippen molar-refractivity contribution in [3.8, 4) is 0 Å². The van der Waals surface area contributed by atoms with Crippen molar-refractivity contribution in [3.05, 3.63) is 11.2 Å². The van der Waals surface area contributed by atoms with Crippen molar-refractivity contribution in [2.45, 2.75) is 51.6 Å². The molecule has 1 aliphatic rings. The number of amides is 2. The van der Waals surface area contributed by atoms with Crippen molar-refractivity contribution < 1.29 is 14.7 Å². The third-order valence-electron chi connectivity index (χ3n) is 4.08. The second kappa shape index (κ2) is 7.74. The Balaban J connectivity index is 1.78. The number of carbonyl (C=O) groups is 2. The molecular weight excluding hydrogens is 316 g/mol. The highest BCUT2D eigenvalue weighted by atomic mass is 32.1. The van der Waals surface area contributed by atoms with E-state index in [-0.39, 0.29) is 30.6 Å². The van der Waals surface area contributed by atoms with Crippen LogP contribution < -0.4 is 10.6 Å². The predicted molar refractivity (Wildman–Crippen MR) is 90.1 cm³/mol. The van der Waals surface area contributed by atoms with Gasteiger partial charge in [0.2, 0.25) is 0 Å². The van der Waals surface area contributed by atoms with Gasteiger partial charge in [0.05, 0.1) is 17.7 Å². The van der Waals surface area contributed by atoms with E-state index in [2.05, 4.69) is 15.6 Å². The average Bonchev–Trinajstić information content (AvgIpc) is 2.88. The smallest absolute Gasteiger partial charge is 0.320 e. The van der Waals surface area contributed by atoms with Crippen LogP contribution >= 0.6 is 11.3 Å². The minimum Gasteiger partial charge on any atom is -0.480 e. The Hall–Kier alpha value is -1.67. The van der Waals surface area contributed by atoms with Crippen LogP contribution in [0.15, 0.2) is 5.51 Å². The lowest BCUT2D eigenvalue weighted by atomic mass is 9.85. The lowest BCUT2D eigenvalue weighted by Crippen LogP contribution is -2.55. The number of nitrogens with zero attached hydrogens (tertiary/aromatic N) is 2. The molecule has 7 nitrogen and oxygen atoms in total. The van der Waals surface area contributed by atoms with Gasteiger partial charge in [-0.2, -0.15) is 0 Å². The molecule has 1 saturated carbocycles. The summed E-state index contributed by atoms with van der Waals surface area (Å²) in [7, 11) is 0. The fraction of sp³-hybridized carbons (Fsp3) is 0.667. The highest BCUT2D eigenvalue weighted by molar-refractivity contribution is 7.14. The van der Waals surface area contributed by atoms with Crippen LogP contribution in [0.2, 0.25) is 0 Å². The molecule has 0 saturated heterocycles. The minimum absolute atomic E-state index is 0.0543. The number of anilines is 1. The molecular formula is C15H24N4O3S. The number of urea groups is 1. The number of carboxylic acid groups (broad SMARTS) is 1. The van der Waals surface area contributed by atoms with Gasteiger partial charge in [-0.15, -0.1) is 11.3 Å². The van der Waals surface area contributed by atoms with E-state index in [1.54, 1.807) is 5.51 Å². The van der Waals surface area contributed by atoms with Crippen LogP contribution in [-0.2, 0) is 4.79 Å². The molecule has 0 atom stereocenters. The highest BCUT2D eigenvalue weighted by Crippen LogP contribution is 2.28. The maximum Gasteiger partial charge on any atom is 0.320 e. The molecule has 23 heavy (non-hydrogen) atoms. The molecule has 1 aromatic rings. The number of hydrogen-bond acceptors (Lipinski definition) is 5. The Bertz CT molecular complexity index is 555. The Morgan fingerprint density at radius 3 is 2.74 bits per heavy atom. The number of thiazole rings is 1. The lowest BCUT2D eigenvalue weighted by Gasteiger charge is -2.42. The van der Waals surface area contributed by atoms with E-state index in [1.807, 2.05) is 25.7 Å². The van der Waals surface area contributed by atoms with Gasteiger partial charge in [0.25, 0.3) is 0 Å². The first-order valence-corrected chi connectivity index (χ1v) is 8.75. The van der Waals surface area contributed by atoms with Crippen LogP contribution in [0.25, 0.3) is 0 Å². The van der Waals surface area contributed by atoms with E-state index in [1.165, 1.54) is 11.3 Å². The van der Waals surface area contributed by atoms with Gasteiger partial charge in [0.1, 0.15) is 5.00 Å². The monoisotopic (exact) mass is 340 g/mol. The molecule has 0 aromatic carbocycles. The zero-order valence-electron chi connectivity index (χ0n) is 13.7. The fourth-order valence-electron chi connectivity index (χ4n) is 2.76. The SMILES string of the molecule is CCN(CC(=O)O)C1CC(NC(=O)Nc2scnc2C(C)C)C1. The van der Waals surface area contributed by atoms with E-state index in [9.17, 15) is 9.59 Å². The Kier molecular flexibility index (Phi) is 5.95. The zero-order chi connectivity index (χ0) is 17.0. The summed E-state index contributed by atoms with van der Waals surface area (Å²) in [6, 6.07) is 0.107. The van der Waals surface area contributed by atoms with E-state index < -0.39 is 5.97 Å². The zero-order valence-corrected chi connectivity index (χ0v) is 14.5. The molecule has 8 heteroatoms. The Morgan fingerprint density at radius 1 is 1.48 bits per heavy atom. The molecule has 0 unspecified atom stereocenters. The molecule has 128 valence electrons. The van der Waals surface area contributed by atoms with Crippen LogP contribution in [0, 0.1) is 0 Å². The molecule has 0 spiro atoms. The quantitative estimate of drug-likeness (QED) is 0.708. The fourth-order valence-corrected chi connectivity index (χ4v) is 3.59. The molecule has 1 aliphatic carbocycles. The van der Waals surface area contributed by atoms with Crippen molar-refractivity contribution in [1.29, 1.82) is 0 Å². The topological polar surface area (TPSA) is 94.6 Å². The standard InChI is InChI=1S/C15H24N4O3S/c1-4-19(7-12(20)21)11-5-10(6-11)17-15(22)18-14-13(9(2)3)16-8-23-14/h8-11H,4-7H2,1-3H3,(H,20,21)(H2,17,18,22). The number of hydrogen-bond donors (Lipinski definition) is 3. The van der Waals surface area contributed by atoms with Crippen molar-refractivity contribution in [3.63, 3.8) is 0 Å². The van der Waals surface area contributed by atoms with Crippen molar-refractivity contribution in [2.75, 3.05) is 18.4 Å². The third-order valence-corrected chi connectivity index (χ3v) is 4.84. The summed E-state index contributed by atoms with van der Waals surface area (Å²) in [5.41, 5.74) is 2.63. The van der Waals surface area contributed by atoms with E-state index >= 15 is 0 Å². The van der Waals surface area contributed by atoms with Gasteiger partial charge in [-0.3, -0.25) is 15.0 Å². The van der Waals surface area contributed by atoms with Gasteiger partial charge in [0, 0.05) is 12.1 Å². The number of carbonyl (C=O) groups excluding carboxylic acids is 1. The number of nitrogens with one attached hydrogen (secondary N) is 2. The van der Waals surface area contributed by atoms with Gasteiger partial charge in [0.15, 0.2) is 0 Å². The second-order valence-corrected chi connectivity index (χ2v) is 6.95. The van der Waals surface area contributed by atoms with Crippen LogP contribution in [-0.4, -0.2) is 52.2 Å². The van der Waals surface area contributed by atoms with Crippen LogP contribution in [0.5, 0.6) is 0 Å². The number of carboxylic acids is 1. The molecule has 0 aliphatic heterocycles. The van der Waals surface area contributed by atoms with E-state index in [4.69, 9.17) is 5.11 Å². The summed E-state index contributed by atoms with van der Waals surface area (Å²) < 4.78 is 0. The summed E-state index contributed by atoms with van der Waals surface area (Å²) in [6.07, 6.45) is 1.57. The average molecular weight is 340 g/mol. The van der Waals surface area contributed by atoms with Crippen LogP contribution in [0.1, 0.15) is 45.2 Å². The first kappa shape index (κ1) is 17.7. The minimum atomic E-state index is -0.813. The maximum atomic E-state index is 12.1. The van der Waals surface area contributed by atoms with Crippen molar-refractivity contribution >= 4 is 28.3 Å². The first-order chi connectivity index (χ1) is 10.9. The summed E-state index contributed by atoms with van der Waals surface area (Å²) in [4.78, 5) is 29.1. The summed E-state index contributed by atoms with van der Waals surface area (Å²) in [5.74, 6) is -0.550. The molecule has 2 rings (SSSR count). The maximum absolute atomic E-state index is 12.1. The number of aromatic nitrogens is 1. The molecule has 2 amide bonds. The van der Waals surface area contributed by atoms with E-state index in [0.717, 1.165) is 23.5 Å². The number of rotatable bonds is 7. The summed E-state index contributed by atoms with van der Waals surface area (Å²) >= 11 is 1.42. The largest absolute Gasteiger partial charge is 0.480 e. The number of aliphatic carboxylic acids is 1. The summed E-state index contributed by atoms with van der Waals surface area (Å²) in [6.45, 7) is 6.79. The van der Waals surface area contributed by atoms with Gasteiger partial charge in [-0.05, 0) is 25.3 Å². The molecule has 1 fully saturated rings. The van der Waals surface area contributed by atoms with Crippen LogP contribution in [0.3, 0.4) is 0 Å². The predicted octanol–water partition coefficient (Wildman–Crippen LogP) is 2.33. The molecule has 0 bridgehead atoms. The molecule has 1 aromatic heterocycles. The van der Waals surface area contributed by atoms with Crippen molar-refractivity contribution in [1.82, 2.24) is 15.2 Å². The molecule has 3 N–H and O–H groups in total. The second-order valence-electron chi connectivity index (χ2n) is 6.10. The van der Waals surface area contributed by atoms with Gasteiger partial charge in [-0.1, -0.05) is 20.8 Å². The van der Waals surface area contributed by atoms with Gasteiger partial charge >= 0.3 is 12.0 Å². The normalized spacial score (nSPS) is 20.4. The van der Waals surface area contributed by atoms with Gasteiger partial charge < -0.3 is 10.4 Å². The summed E-state index contributed by atoms with van der Waals surface area (Å²) in [5, 5.41) is 15.5. The Morgan fingerprint density at radius 2 is 2.17 bits per heavy atom. The van der Waals surface area contributed by atoms with Crippen LogP contribution in [0.4, 0.5) is 9.80 Å². The van der Waals surface area contributed by atoms with Crippen molar-refractivity contribution in [2.24, 2.45) is 0 Å². The third kappa shape index (κ3) is 4.65. The number of likely N-dealkylation sites (N-methyl/N-ethyl adjacent to an activating group) is 1. The lowest BCUT2D eigenvalue weighted by molar-refractivity contribution is -0.139.